The molecule has 5 rings (SSSR count). The van der Waals surface area contributed by atoms with Crippen molar-refractivity contribution in [2.75, 3.05) is 20.2 Å². The predicted octanol–water partition coefficient (Wildman–Crippen LogP) is -1.57. The first-order chi connectivity index (χ1) is 17.7. The number of aliphatic hydroxyl groups excluding tert-OH is 1. The van der Waals surface area contributed by atoms with E-state index in [0.29, 0.717) is 11.8 Å². The first kappa shape index (κ1) is 72.0. The summed E-state index contributed by atoms with van der Waals surface area (Å²) in [5, 5.41) is 49.6. The Bertz CT molecular complexity index is 1030. The van der Waals surface area contributed by atoms with Crippen LogP contribution in [-0.4, -0.2) is 79.6 Å². The van der Waals surface area contributed by atoms with Gasteiger partial charge in [0.25, 0.3) is 0 Å². The van der Waals surface area contributed by atoms with E-state index in [2.05, 4.69) is 22.5 Å². The molecule has 0 saturated carbocycles. The summed E-state index contributed by atoms with van der Waals surface area (Å²) in [7, 11) is 1.66. The van der Waals surface area contributed by atoms with Gasteiger partial charge in [0.15, 0.2) is 0 Å². The van der Waals surface area contributed by atoms with Crippen molar-refractivity contribution < 1.29 is 71.0 Å². The van der Waals surface area contributed by atoms with Gasteiger partial charge < -0.3 is 119 Å². The summed E-state index contributed by atoms with van der Waals surface area (Å²) in [5.74, 6) is 2.01. The van der Waals surface area contributed by atoms with Crippen molar-refractivity contribution in [1.29, 1.82) is 31.6 Å². The summed E-state index contributed by atoms with van der Waals surface area (Å²) in [5.41, 5.74) is 1.85. The minimum Gasteiger partial charge on any atom is -0.512 e. The van der Waals surface area contributed by atoms with Crippen LogP contribution in [0.1, 0.15) is 30.2 Å². The monoisotopic (exact) mass is 666 g/mol. The van der Waals surface area contributed by atoms with Crippen LogP contribution in [0.4, 0.5) is 0 Å². The largest absolute Gasteiger partial charge is 2.00 e. The van der Waals surface area contributed by atoms with E-state index in [-0.39, 0.29) is 67.2 Å². The Morgan fingerprint density at radius 2 is 1.39 bits per heavy atom. The first-order valence-electron chi connectivity index (χ1n) is 10.0. The van der Waals surface area contributed by atoms with Gasteiger partial charge in [-0.25, -0.2) is 0 Å². The number of pyridine rings is 1. The number of benzene rings is 1. The van der Waals surface area contributed by atoms with Crippen molar-refractivity contribution in [3.8, 4) is 5.75 Å². The maximum atomic E-state index is 11.2. The molecular weight excluding hydrogens is 624 g/mol. The molecule has 248 valence electrons. The number of ether oxygens (including phenoxy) is 1. The van der Waals surface area contributed by atoms with Crippen LogP contribution in [0.5, 0.6) is 5.75 Å². The van der Waals surface area contributed by atoms with Gasteiger partial charge in [-0.15, -0.1) is 6.58 Å². The van der Waals surface area contributed by atoms with Gasteiger partial charge in [-0.1, -0.05) is 6.08 Å². The smallest absolute Gasteiger partial charge is 0.512 e. The third kappa shape index (κ3) is 18.7. The topological polar surface area (TPSA) is 409 Å². The van der Waals surface area contributed by atoms with E-state index >= 15 is 0 Å². The number of fused-ring (bicyclic) bond motifs is 4. The van der Waals surface area contributed by atoms with E-state index in [1.807, 2.05) is 24.3 Å². The average molecular weight is 667 g/mol. The summed E-state index contributed by atoms with van der Waals surface area (Å²) in [6, 6.07) is 7.96. The zero-order chi connectivity index (χ0) is 28.7. The van der Waals surface area contributed by atoms with Crippen molar-refractivity contribution in [3.05, 3.63) is 88.1 Å². The SMILES string of the molecule is C=C[C@H]1CN2CC[C@H]1C[C@H]2[C@H](O)c1ccnc2ccc(OC)cc12.O.O.O.O.O.O.O.[C-]#N.[C-]#N.[C-]#N.[C-]#N.[C-]#N.[C-]#N.[Fe+2].[H+].[H+].[H+].[H+]. The Morgan fingerprint density at radius 1 is 0.909 bits per heavy atom. The Kier molecular flexibility index (Phi) is 74.0. The van der Waals surface area contributed by atoms with E-state index in [1.165, 1.54) is 6.42 Å². The zero-order valence-corrected chi connectivity index (χ0v) is 24.7. The van der Waals surface area contributed by atoms with Crippen LogP contribution in [0.15, 0.2) is 43.1 Å². The van der Waals surface area contributed by atoms with E-state index in [9.17, 15) is 5.11 Å². The molecule has 15 N–H and O–H groups in total. The van der Waals surface area contributed by atoms with E-state index in [4.69, 9.17) is 75.7 Å². The molecule has 1 aromatic heterocycles. The van der Waals surface area contributed by atoms with Gasteiger partial charge >= 0.3 is 22.8 Å². The van der Waals surface area contributed by atoms with Crippen molar-refractivity contribution >= 4 is 10.9 Å². The minimum atomic E-state index is -0.504. The van der Waals surface area contributed by atoms with Gasteiger partial charge in [-0.2, -0.15) is 0 Å². The fraction of sp³-hybridized carbons (Fsp3) is 0.346. The van der Waals surface area contributed by atoms with Gasteiger partial charge in [0.2, 0.25) is 0 Å². The molecule has 17 nitrogen and oxygen atoms in total. The molecule has 18 heteroatoms. The Hall–Kier alpha value is -4.73. The Morgan fingerprint density at radius 3 is 1.77 bits per heavy atom. The van der Waals surface area contributed by atoms with Crippen LogP contribution in [-0.2, 0) is 17.1 Å². The molecular formula is C26H42FeN8O9. The van der Waals surface area contributed by atoms with Gasteiger partial charge in [0.1, 0.15) is 5.75 Å². The maximum Gasteiger partial charge on any atom is 2.00 e. The molecule has 5 atom stereocenters. The molecule has 3 aliphatic heterocycles. The Balaban J connectivity index is -0.0000000319. The number of methoxy groups -OCH3 is 1. The van der Waals surface area contributed by atoms with Crippen molar-refractivity contribution in [3.63, 3.8) is 0 Å². The molecule has 2 bridgehead atoms. The molecule has 1 unspecified atom stereocenters. The Labute approximate surface area is 274 Å². The number of hydrogen-bond donors (Lipinski definition) is 1. The van der Waals surface area contributed by atoms with E-state index in [0.717, 1.165) is 41.7 Å². The number of aromatic nitrogens is 1. The molecule has 44 heavy (non-hydrogen) atoms. The molecule has 3 aliphatic rings. The molecule has 4 heterocycles. The predicted molar refractivity (Wildman–Crippen MR) is 155 cm³/mol. The van der Waals surface area contributed by atoms with Crippen LogP contribution in [0, 0.1) is 82.8 Å². The molecule has 0 spiro atoms. The number of piperidine rings is 3. The first-order valence-corrected chi connectivity index (χ1v) is 10.0. The molecule has 1 aromatic carbocycles. The second-order valence-electron chi connectivity index (χ2n) is 6.97. The average Bonchev–Trinajstić information content (AvgIpc) is 3.02. The second kappa shape index (κ2) is 45.3. The minimum absolute atomic E-state index is 0. The van der Waals surface area contributed by atoms with Gasteiger partial charge in [-0.05, 0) is 61.1 Å². The second-order valence-corrected chi connectivity index (χ2v) is 6.97. The summed E-state index contributed by atoms with van der Waals surface area (Å²) >= 11 is 0. The zero-order valence-electron chi connectivity index (χ0n) is 27.6. The van der Waals surface area contributed by atoms with E-state index in [1.54, 1.807) is 13.3 Å². The van der Waals surface area contributed by atoms with Crippen molar-refractivity contribution in [2.24, 2.45) is 11.8 Å². The molecule has 2 aromatic rings. The van der Waals surface area contributed by atoms with Crippen LogP contribution >= 0.6 is 0 Å². The fourth-order valence-electron chi connectivity index (χ4n) is 4.44. The number of nitrogens with zero attached hydrogens (tertiary/aromatic N) is 8. The van der Waals surface area contributed by atoms with Crippen molar-refractivity contribution in [1.82, 2.24) is 9.88 Å². The summed E-state index contributed by atoms with van der Waals surface area (Å²) in [6.07, 6.45) is 5.62. The van der Waals surface area contributed by atoms with Gasteiger partial charge in [-0.3, -0.25) is 9.88 Å². The molecule has 0 radical (unpaired) electrons. The normalized spacial score (nSPS) is 16.8. The van der Waals surface area contributed by atoms with Crippen LogP contribution in [0.2, 0.25) is 0 Å². The van der Waals surface area contributed by atoms with Gasteiger partial charge in [0, 0.05) is 24.2 Å². The summed E-state index contributed by atoms with van der Waals surface area (Å²) in [6.45, 7) is 34.6. The quantitative estimate of drug-likeness (QED) is 0.222. The molecule has 0 aliphatic carbocycles. The van der Waals surface area contributed by atoms with Crippen molar-refractivity contribution in [2.45, 2.75) is 25.0 Å². The van der Waals surface area contributed by atoms with Crippen LogP contribution in [0.3, 0.4) is 0 Å². The standard InChI is InChI=1S/C20H24N2O2.6CN.Fe.7H2O/c1-3-13-12-22-9-7-14(13)10-19(22)20(23)16-6-8-21-18-5-4-15(24-2)11-17(16)18;6*1-2;;;;;;;;/h3-6,8,11,13-14,19-20,23H,1,7,9-10,12H2,2H3;;;;;;;;7*1H2/q;6*-1;+2;;;;;;;/p+4/t13-,14-,19-,20+;;;;;;;;;;;;;;/m0............../s1. The third-order valence-corrected chi connectivity index (χ3v) is 5.82. The fourth-order valence-corrected chi connectivity index (χ4v) is 4.44. The maximum absolute atomic E-state index is 11.2. The molecule has 0 amide bonds. The van der Waals surface area contributed by atoms with E-state index < -0.39 is 6.10 Å². The van der Waals surface area contributed by atoms with Gasteiger partial charge in [0.05, 0.1) is 18.7 Å². The summed E-state index contributed by atoms with van der Waals surface area (Å²) < 4.78 is 5.35. The molecule has 3 saturated heterocycles. The number of hydrogen-bond acceptors (Lipinski definition) is 10. The van der Waals surface area contributed by atoms with Crippen LogP contribution in [0.25, 0.3) is 10.9 Å². The number of rotatable bonds is 4. The summed E-state index contributed by atoms with van der Waals surface area (Å²) in [4.78, 5) is 6.86. The third-order valence-electron chi connectivity index (χ3n) is 5.82. The molecule has 3 fully saturated rings. The number of aliphatic hydroxyl groups is 1. The van der Waals surface area contributed by atoms with Crippen LogP contribution < -0.4 is 4.74 Å².